The van der Waals surface area contributed by atoms with E-state index in [0.29, 0.717) is 10.6 Å². The lowest BCUT2D eigenvalue weighted by Crippen LogP contribution is -2.22. The topological polar surface area (TPSA) is 60.2 Å². The number of hydrogen-bond acceptors (Lipinski definition) is 3. The van der Waals surface area contributed by atoms with Crippen LogP contribution in [0.3, 0.4) is 0 Å². The van der Waals surface area contributed by atoms with Gasteiger partial charge in [-0.15, -0.1) is 0 Å². The van der Waals surface area contributed by atoms with Crippen molar-refractivity contribution in [1.82, 2.24) is 0 Å². The van der Waals surface area contributed by atoms with Crippen LogP contribution >= 0.6 is 11.6 Å². The molecule has 2 aromatic rings. The predicted octanol–water partition coefficient (Wildman–Crippen LogP) is 3.12. The van der Waals surface area contributed by atoms with Gasteiger partial charge in [-0.25, -0.2) is 8.42 Å². The smallest absolute Gasteiger partial charge is 0.186 e. The SMILES string of the molecule is Cc1ccc(S(=O)(=O)C(CN)c2ccc(Cl)cc2)cc1. The summed E-state index contributed by atoms with van der Waals surface area (Å²) in [6.07, 6.45) is 0. The van der Waals surface area contributed by atoms with E-state index in [1.165, 1.54) is 0 Å². The van der Waals surface area contributed by atoms with Gasteiger partial charge in [-0.1, -0.05) is 41.4 Å². The molecule has 0 aliphatic heterocycles. The molecule has 0 aliphatic rings. The summed E-state index contributed by atoms with van der Waals surface area (Å²) in [5.41, 5.74) is 7.35. The lowest BCUT2D eigenvalue weighted by Gasteiger charge is -2.16. The molecule has 0 heterocycles. The Bertz CT molecular complexity index is 679. The van der Waals surface area contributed by atoms with Crippen molar-refractivity contribution in [3.05, 3.63) is 64.7 Å². The van der Waals surface area contributed by atoms with Gasteiger partial charge < -0.3 is 5.73 Å². The molecule has 2 rings (SSSR count). The van der Waals surface area contributed by atoms with Gasteiger partial charge in [0.2, 0.25) is 0 Å². The van der Waals surface area contributed by atoms with E-state index in [1.54, 1.807) is 48.5 Å². The van der Waals surface area contributed by atoms with E-state index in [2.05, 4.69) is 0 Å². The number of nitrogens with two attached hydrogens (primary N) is 1. The maximum Gasteiger partial charge on any atom is 0.186 e. The maximum absolute atomic E-state index is 12.6. The van der Waals surface area contributed by atoms with Crippen LogP contribution in [0, 0.1) is 6.92 Å². The van der Waals surface area contributed by atoms with Crippen molar-refractivity contribution in [2.45, 2.75) is 17.1 Å². The second-order valence-corrected chi connectivity index (χ2v) is 7.20. The summed E-state index contributed by atoms with van der Waals surface area (Å²) in [6, 6.07) is 13.5. The molecule has 2 N–H and O–H groups in total. The Labute approximate surface area is 124 Å². The summed E-state index contributed by atoms with van der Waals surface area (Å²) < 4.78 is 25.3. The Morgan fingerprint density at radius 1 is 1.05 bits per heavy atom. The zero-order valence-electron chi connectivity index (χ0n) is 11.1. The molecule has 0 saturated heterocycles. The van der Waals surface area contributed by atoms with Crippen LogP contribution in [0.2, 0.25) is 5.02 Å². The highest BCUT2D eigenvalue weighted by Crippen LogP contribution is 2.29. The van der Waals surface area contributed by atoms with E-state index in [9.17, 15) is 8.42 Å². The maximum atomic E-state index is 12.6. The number of benzene rings is 2. The molecule has 0 bridgehead atoms. The van der Waals surface area contributed by atoms with Gasteiger partial charge in [-0.05, 0) is 36.8 Å². The average Bonchev–Trinajstić information content (AvgIpc) is 2.42. The van der Waals surface area contributed by atoms with Crippen molar-refractivity contribution in [2.75, 3.05) is 6.54 Å². The molecule has 1 atom stereocenters. The van der Waals surface area contributed by atoms with Crippen LogP contribution in [0.4, 0.5) is 0 Å². The summed E-state index contributed by atoms with van der Waals surface area (Å²) in [5.74, 6) is 0. The second kappa shape index (κ2) is 5.95. The first kappa shape index (κ1) is 15.0. The number of hydrogen-bond donors (Lipinski definition) is 1. The van der Waals surface area contributed by atoms with Crippen LogP contribution in [-0.4, -0.2) is 15.0 Å². The van der Waals surface area contributed by atoms with E-state index in [0.717, 1.165) is 5.56 Å². The fraction of sp³-hybridized carbons (Fsp3) is 0.200. The van der Waals surface area contributed by atoms with Crippen molar-refractivity contribution in [3.63, 3.8) is 0 Å². The van der Waals surface area contributed by atoms with Gasteiger partial charge in [0, 0.05) is 11.6 Å². The summed E-state index contributed by atoms with van der Waals surface area (Å²) in [5, 5.41) is -0.195. The largest absolute Gasteiger partial charge is 0.329 e. The Balaban J connectivity index is 2.44. The summed E-state index contributed by atoms with van der Waals surface area (Å²) in [4.78, 5) is 0.286. The molecule has 0 fully saturated rings. The molecule has 0 saturated carbocycles. The van der Waals surface area contributed by atoms with E-state index < -0.39 is 15.1 Å². The molecule has 1 unspecified atom stereocenters. The highest BCUT2D eigenvalue weighted by molar-refractivity contribution is 7.91. The monoisotopic (exact) mass is 309 g/mol. The van der Waals surface area contributed by atoms with E-state index >= 15 is 0 Å². The first-order chi connectivity index (χ1) is 9.45. The predicted molar refractivity (Wildman–Crippen MR) is 81.6 cm³/mol. The highest BCUT2D eigenvalue weighted by atomic mass is 35.5. The molecule has 0 radical (unpaired) electrons. The molecule has 20 heavy (non-hydrogen) atoms. The zero-order valence-corrected chi connectivity index (χ0v) is 12.7. The molecular weight excluding hydrogens is 294 g/mol. The highest BCUT2D eigenvalue weighted by Gasteiger charge is 2.27. The summed E-state index contributed by atoms with van der Waals surface area (Å²) in [7, 11) is -3.50. The van der Waals surface area contributed by atoms with E-state index in [-0.39, 0.29) is 11.4 Å². The van der Waals surface area contributed by atoms with Crippen LogP contribution in [0.25, 0.3) is 0 Å². The second-order valence-electron chi connectivity index (χ2n) is 4.63. The molecule has 0 spiro atoms. The molecule has 106 valence electrons. The van der Waals surface area contributed by atoms with Gasteiger partial charge in [-0.2, -0.15) is 0 Å². The van der Waals surface area contributed by atoms with Gasteiger partial charge >= 0.3 is 0 Å². The Morgan fingerprint density at radius 3 is 2.10 bits per heavy atom. The average molecular weight is 310 g/mol. The summed E-state index contributed by atoms with van der Waals surface area (Å²) in [6.45, 7) is 1.94. The minimum atomic E-state index is -3.50. The van der Waals surface area contributed by atoms with Crippen LogP contribution < -0.4 is 5.73 Å². The Kier molecular flexibility index (Phi) is 4.48. The van der Waals surface area contributed by atoms with Crippen LogP contribution in [-0.2, 0) is 9.84 Å². The van der Waals surface area contributed by atoms with Crippen LogP contribution in [0.1, 0.15) is 16.4 Å². The minimum Gasteiger partial charge on any atom is -0.329 e. The number of rotatable bonds is 4. The fourth-order valence-electron chi connectivity index (χ4n) is 2.01. The molecule has 0 aromatic heterocycles. The molecule has 5 heteroatoms. The lowest BCUT2D eigenvalue weighted by molar-refractivity contribution is 0.582. The fourth-order valence-corrected chi connectivity index (χ4v) is 3.75. The molecule has 0 amide bonds. The van der Waals surface area contributed by atoms with E-state index in [1.807, 2.05) is 6.92 Å². The molecule has 2 aromatic carbocycles. The van der Waals surface area contributed by atoms with Crippen molar-refractivity contribution in [2.24, 2.45) is 5.73 Å². The van der Waals surface area contributed by atoms with Gasteiger partial charge in [0.25, 0.3) is 0 Å². The van der Waals surface area contributed by atoms with Crippen molar-refractivity contribution >= 4 is 21.4 Å². The van der Waals surface area contributed by atoms with E-state index in [4.69, 9.17) is 17.3 Å². The zero-order chi connectivity index (χ0) is 14.8. The first-order valence-electron chi connectivity index (χ1n) is 6.21. The number of sulfone groups is 1. The van der Waals surface area contributed by atoms with Crippen molar-refractivity contribution in [1.29, 1.82) is 0 Å². The molecule has 0 aliphatic carbocycles. The third-order valence-electron chi connectivity index (χ3n) is 3.18. The normalized spacial score (nSPS) is 13.2. The standard InChI is InChI=1S/C15H16ClNO2S/c1-11-2-8-14(9-3-11)20(18,19)15(10-17)12-4-6-13(16)7-5-12/h2-9,15H,10,17H2,1H3. The third-order valence-corrected chi connectivity index (χ3v) is 5.57. The molecular formula is C15H16ClNO2S. The van der Waals surface area contributed by atoms with Crippen molar-refractivity contribution in [3.8, 4) is 0 Å². The number of aryl methyl sites for hydroxylation is 1. The van der Waals surface area contributed by atoms with Gasteiger partial charge in [0.1, 0.15) is 5.25 Å². The van der Waals surface area contributed by atoms with Crippen LogP contribution in [0.5, 0.6) is 0 Å². The van der Waals surface area contributed by atoms with Crippen LogP contribution in [0.15, 0.2) is 53.4 Å². The summed E-state index contributed by atoms with van der Waals surface area (Å²) >= 11 is 5.83. The molecule has 3 nitrogen and oxygen atoms in total. The van der Waals surface area contributed by atoms with Gasteiger partial charge in [0.15, 0.2) is 9.84 Å². The van der Waals surface area contributed by atoms with Crippen molar-refractivity contribution < 1.29 is 8.42 Å². The lowest BCUT2D eigenvalue weighted by atomic mass is 10.1. The minimum absolute atomic E-state index is 0.0256. The van der Waals surface area contributed by atoms with Gasteiger partial charge in [0.05, 0.1) is 4.90 Å². The number of halogens is 1. The Hall–Kier alpha value is -1.36. The van der Waals surface area contributed by atoms with Gasteiger partial charge in [-0.3, -0.25) is 0 Å². The quantitative estimate of drug-likeness (QED) is 0.944. The first-order valence-corrected chi connectivity index (χ1v) is 8.13. The Morgan fingerprint density at radius 2 is 1.60 bits per heavy atom. The third kappa shape index (κ3) is 3.03.